The fourth-order valence-electron chi connectivity index (χ4n) is 3.93. The molecule has 4 aromatic rings. The van der Waals surface area contributed by atoms with Crippen LogP contribution in [0.4, 0.5) is 5.69 Å². The monoisotopic (exact) mass is 379 g/mol. The zero-order valence-corrected chi connectivity index (χ0v) is 15.6. The molecule has 0 amide bonds. The van der Waals surface area contributed by atoms with Crippen molar-refractivity contribution >= 4 is 32.9 Å². The normalized spacial score (nSPS) is 16.7. The van der Waals surface area contributed by atoms with Crippen LogP contribution in [0.25, 0.3) is 27.3 Å². The van der Waals surface area contributed by atoms with E-state index in [1.165, 1.54) is 29.3 Å². The van der Waals surface area contributed by atoms with Gasteiger partial charge in [0.25, 0.3) is 5.69 Å². The van der Waals surface area contributed by atoms with Crippen LogP contribution in [0.3, 0.4) is 0 Å². The Labute approximate surface area is 158 Å². The van der Waals surface area contributed by atoms with Crippen molar-refractivity contribution in [3.8, 4) is 11.4 Å². The Morgan fingerprint density at radius 3 is 3.04 bits per heavy atom. The molecule has 0 spiro atoms. The summed E-state index contributed by atoms with van der Waals surface area (Å²) in [5, 5.41) is 16.9. The Kier molecular flexibility index (Phi) is 3.68. The van der Waals surface area contributed by atoms with Crippen LogP contribution in [0.1, 0.15) is 30.2 Å². The van der Waals surface area contributed by atoms with Gasteiger partial charge in [-0.1, -0.05) is 25.5 Å². The second kappa shape index (κ2) is 6.09. The maximum atomic E-state index is 11.4. The van der Waals surface area contributed by atoms with Gasteiger partial charge >= 0.3 is 0 Å². The van der Waals surface area contributed by atoms with E-state index in [1.54, 1.807) is 40.4 Å². The fourth-order valence-corrected chi connectivity index (χ4v) is 5.22. The molecule has 136 valence electrons. The SMILES string of the molecule is CC[C@H]1CCc2c(sc3ncn4nc(-c5ccccc5[N+](=O)[O-])nc4c23)C1. The fraction of sp³-hybridized carbons (Fsp3) is 0.316. The summed E-state index contributed by atoms with van der Waals surface area (Å²) in [6.45, 7) is 2.25. The molecule has 1 aliphatic rings. The van der Waals surface area contributed by atoms with Gasteiger partial charge < -0.3 is 0 Å². The van der Waals surface area contributed by atoms with Crippen LogP contribution >= 0.6 is 11.3 Å². The molecule has 0 aliphatic heterocycles. The Morgan fingerprint density at radius 1 is 1.37 bits per heavy atom. The highest BCUT2D eigenvalue weighted by atomic mass is 32.1. The van der Waals surface area contributed by atoms with E-state index in [2.05, 4.69) is 22.0 Å². The van der Waals surface area contributed by atoms with Crippen LogP contribution < -0.4 is 0 Å². The van der Waals surface area contributed by atoms with Crippen LogP contribution in [0.2, 0.25) is 0 Å². The molecule has 0 radical (unpaired) electrons. The topological polar surface area (TPSA) is 86.2 Å². The van der Waals surface area contributed by atoms with E-state index in [0.717, 1.165) is 34.6 Å². The summed E-state index contributed by atoms with van der Waals surface area (Å²) in [5.74, 6) is 1.10. The van der Waals surface area contributed by atoms with Gasteiger partial charge in [0.2, 0.25) is 0 Å². The molecule has 27 heavy (non-hydrogen) atoms. The predicted octanol–water partition coefficient (Wildman–Crippen LogP) is 4.43. The molecule has 0 bridgehead atoms. The van der Waals surface area contributed by atoms with Gasteiger partial charge in [0.1, 0.15) is 11.2 Å². The molecule has 1 atom stereocenters. The zero-order valence-electron chi connectivity index (χ0n) is 14.8. The number of hydrogen-bond donors (Lipinski definition) is 0. The van der Waals surface area contributed by atoms with Crippen molar-refractivity contribution in [2.24, 2.45) is 5.92 Å². The average molecular weight is 379 g/mol. The second-order valence-corrected chi connectivity index (χ2v) is 8.01. The third kappa shape index (κ3) is 2.51. The second-order valence-electron chi connectivity index (χ2n) is 6.92. The number of nitro groups is 1. The standard InChI is InChI=1S/C19H17N5O2S/c1-2-11-7-8-13-15(9-11)27-19-16(13)18-21-17(22-23(18)10-20-19)12-5-3-4-6-14(12)24(25)26/h3-6,10-11H,2,7-9H2,1H3/t11-/m0/s1. The van der Waals surface area contributed by atoms with E-state index in [4.69, 9.17) is 0 Å². The summed E-state index contributed by atoms with van der Waals surface area (Å²) < 4.78 is 1.65. The molecule has 0 fully saturated rings. The zero-order chi connectivity index (χ0) is 18.5. The number of hydrogen-bond acceptors (Lipinski definition) is 6. The number of fused-ring (bicyclic) bond motifs is 5. The van der Waals surface area contributed by atoms with Gasteiger partial charge in [0.15, 0.2) is 11.5 Å². The lowest BCUT2D eigenvalue weighted by atomic mass is 9.86. The van der Waals surface area contributed by atoms with Crippen molar-refractivity contribution in [1.82, 2.24) is 19.6 Å². The minimum absolute atomic E-state index is 0.00995. The van der Waals surface area contributed by atoms with Gasteiger partial charge in [0.05, 0.1) is 15.9 Å². The lowest BCUT2D eigenvalue weighted by Gasteiger charge is -2.20. The van der Waals surface area contributed by atoms with Crippen LogP contribution in [-0.2, 0) is 12.8 Å². The highest BCUT2D eigenvalue weighted by molar-refractivity contribution is 7.19. The van der Waals surface area contributed by atoms with Crippen LogP contribution in [0.15, 0.2) is 30.6 Å². The number of aryl methyl sites for hydroxylation is 1. The molecule has 8 heteroatoms. The van der Waals surface area contributed by atoms with Gasteiger partial charge in [-0.15, -0.1) is 16.4 Å². The Bertz CT molecular complexity index is 1200. The maximum absolute atomic E-state index is 11.4. The predicted molar refractivity (Wildman–Crippen MR) is 104 cm³/mol. The van der Waals surface area contributed by atoms with Crippen molar-refractivity contribution in [2.75, 3.05) is 0 Å². The van der Waals surface area contributed by atoms with Gasteiger partial charge in [-0.05, 0) is 36.8 Å². The Morgan fingerprint density at radius 2 is 2.22 bits per heavy atom. The molecular formula is C19H17N5O2S. The number of para-hydroxylation sites is 1. The molecule has 0 unspecified atom stereocenters. The summed E-state index contributed by atoms with van der Waals surface area (Å²) in [4.78, 5) is 22.6. The number of nitrogens with zero attached hydrogens (tertiary/aromatic N) is 5. The lowest BCUT2D eigenvalue weighted by molar-refractivity contribution is -0.384. The van der Waals surface area contributed by atoms with Crippen molar-refractivity contribution in [3.63, 3.8) is 0 Å². The molecule has 0 N–H and O–H groups in total. The van der Waals surface area contributed by atoms with Gasteiger partial charge in [-0.3, -0.25) is 10.1 Å². The number of rotatable bonds is 3. The minimum Gasteiger partial charge on any atom is -0.258 e. The first-order valence-electron chi connectivity index (χ1n) is 9.05. The quantitative estimate of drug-likeness (QED) is 0.388. The third-order valence-corrected chi connectivity index (χ3v) is 6.57. The number of thiophene rings is 1. The largest absolute Gasteiger partial charge is 0.280 e. The molecule has 7 nitrogen and oxygen atoms in total. The number of nitro benzene ring substituents is 1. The van der Waals surface area contributed by atoms with E-state index in [1.807, 2.05) is 0 Å². The van der Waals surface area contributed by atoms with Crippen molar-refractivity contribution in [1.29, 1.82) is 0 Å². The summed E-state index contributed by atoms with van der Waals surface area (Å²) in [5.41, 5.74) is 2.50. The maximum Gasteiger partial charge on any atom is 0.280 e. The summed E-state index contributed by atoms with van der Waals surface area (Å²) >= 11 is 1.75. The van der Waals surface area contributed by atoms with Crippen molar-refractivity contribution < 1.29 is 4.92 Å². The summed E-state index contributed by atoms with van der Waals surface area (Å²) in [7, 11) is 0. The van der Waals surface area contributed by atoms with E-state index >= 15 is 0 Å². The van der Waals surface area contributed by atoms with E-state index in [-0.39, 0.29) is 5.69 Å². The van der Waals surface area contributed by atoms with Crippen molar-refractivity contribution in [2.45, 2.75) is 32.6 Å². The average Bonchev–Trinajstić information content (AvgIpc) is 3.27. The Hall–Kier alpha value is -2.87. The first-order chi connectivity index (χ1) is 13.2. The van der Waals surface area contributed by atoms with E-state index < -0.39 is 4.92 Å². The van der Waals surface area contributed by atoms with E-state index in [9.17, 15) is 10.1 Å². The first-order valence-corrected chi connectivity index (χ1v) is 9.86. The molecule has 1 aliphatic carbocycles. The van der Waals surface area contributed by atoms with E-state index in [0.29, 0.717) is 11.4 Å². The first kappa shape index (κ1) is 16.3. The molecule has 3 aromatic heterocycles. The van der Waals surface area contributed by atoms with Crippen LogP contribution in [0.5, 0.6) is 0 Å². The molecule has 5 rings (SSSR count). The molecule has 0 saturated carbocycles. The Balaban J connectivity index is 1.72. The van der Waals surface area contributed by atoms with Gasteiger partial charge in [-0.25, -0.2) is 14.5 Å². The van der Waals surface area contributed by atoms with Gasteiger partial charge in [-0.2, -0.15) is 0 Å². The minimum atomic E-state index is -0.397. The molecule has 3 heterocycles. The van der Waals surface area contributed by atoms with Crippen LogP contribution in [-0.4, -0.2) is 24.5 Å². The van der Waals surface area contributed by atoms with Crippen LogP contribution in [0, 0.1) is 16.0 Å². The highest BCUT2D eigenvalue weighted by Crippen LogP contribution is 2.40. The highest BCUT2D eigenvalue weighted by Gasteiger charge is 2.25. The molecule has 1 aromatic carbocycles. The summed E-state index contributed by atoms with van der Waals surface area (Å²) in [6, 6.07) is 6.58. The lowest BCUT2D eigenvalue weighted by Crippen LogP contribution is -2.11. The number of aromatic nitrogens is 4. The van der Waals surface area contributed by atoms with Crippen molar-refractivity contribution in [3.05, 3.63) is 51.1 Å². The third-order valence-electron chi connectivity index (χ3n) is 5.41. The molecule has 0 saturated heterocycles. The summed E-state index contributed by atoms with van der Waals surface area (Å²) in [6.07, 6.45) is 6.17. The number of benzene rings is 1. The smallest absolute Gasteiger partial charge is 0.258 e. The van der Waals surface area contributed by atoms with Gasteiger partial charge in [0, 0.05) is 10.9 Å². The molecular weight excluding hydrogens is 362 g/mol.